The highest BCUT2D eigenvalue weighted by Crippen LogP contribution is 2.33. The first kappa shape index (κ1) is 13.3. The van der Waals surface area contributed by atoms with E-state index < -0.39 is 0 Å². The van der Waals surface area contributed by atoms with Gasteiger partial charge in [0.15, 0.2) is 0 Å². The van der Waals surface area contributed by atoms with E-state index in [0.717, 1.165) is 37.1 Å². The SMILES string of the molecule is CCC1CCCCN1c1c(F)cccc1[C@@H](C)N. The molecular weight excluding hydrogens is 227 g/mol. The third-order valence-corrected chi connectivity index (χ3v) is 3.89. The van der Waals surface area contributed by atoms with Crippen molar-refractivity contribution in [1.82, 2.24) is 0 Å². The van der Waals surface area contributed by atoms with E-state index in [1.807, 2.05) is 13.0 Å². The molecule has 2 N–H and O–H groups in total. The Bertz CT molecular complexity index is 403. The summed E-state index contributed by atoms with van der Waals surface area (Å²) in [5.41, 5.74) is 7.65. The summed E-state index contributed by atoms with van der Waals surface area (Å²) in [6.45, 7) is 5.04. The summed E-state index contributed by atoms with van der Waals surface area (Å²) in [5, 5.41) is 0. The Morgan fingerprint density at radius 2 is 2.22 bits per heavy atom. The highest BCUT2D eigenvalue weighted by atomic mass is 19.1. The van der Waals surface area contributed by atoms with Gasteiger partial charge >= 0.3 is 0 Å². The van der Waals surface area contributed by atoms with Gasteiger partial charge < -0.3 is 10.6 Å². The monoisotopic (exact) mass is 250 g/mol. The van der Waals surface area contributed by atoms with Crippen LogP contribution in [-0.4, -0.2) is 12.6 Å². The Morgan fingerprint density at radius 3 is 2.89 bits per heavy atom. The van der Waals surface area contributed by atoms with Crippen molar-refractivity contribution in [3.05, 3.63) is 29.6 Å². The van der Waals surface area contributed by atoms with Crippen LogP contribution in [-0.2, 0) is 0 Å². The normalized spacial score (nSPS) is 22.0. The molecule has 2 atom stereocenters. The predicted octanol–water partition coefficient (Wildman–Crippen LogP) is 3.61. The number of piperidine rings is 1. The van der Waals surface area contributed by atoms with Crippen molar-refractivity contribution in [2.75, 3.05) is 11.4 Å². The summed E-state index contributed by atoms with van der Waals surface area (Å²) >= 11 is 0. The van der Waals surface area contributed by atoms with E-state index >= 15 is 0 Å². The standard InChI is InChI=1S/C15H23FN2/c1-3-12-7-4-5-10-18(12)15-13(11(2)17)8-6-9-14(15)16/h6,8-9,11-12H,3-5,7,10,17H2,1-2H3/t11-,12?/m1/s1. The van der Waals surface area contributed by atoms with E-state index in [9.17, 15) is 4.39 Å². The number of nitrogens with zero attached hydrogens (tertiary/aromatic N) is 1. The van der Waals surface area contributed by atoms with Gasteiger partial charge in [-0.1, -0.05) is 19.1 Å². The predicted molar refractivity (Wildman–Crippen MR) is 74.3 cm³/mol. The van der Waals surface area contributed by atoms with Gasteiger partial charge in [-0.2, -0.15) is 0 Å². The molecule has 0 radical (unpaired) electrons. The van der Waals surface area contributed by atoms with Crippen molar-refractivity contribution in [3.63, 3.8) is 0 Å². The smallest absolute Gasteiger partial charge is 0.146 e. The van der Waals surface area contributed by atoms with Crippen molar-refractivity contribution in [3.8, 4) is 0 Å². The lowest BCUT2D eigenvalue weighted by atomic mass is 9.96. The van der Waals surface area contributed by atoms with Crippen LogP contribution in [0, 0.1) is 5.82 Å². The molecule has 0 aliphatic carbocycles. The van der Waals surface area contributed by atoms with Crippen LogP contribution in [0.5, 0.6) is 0 Å². The average Bonchev–Trinajstić information content (AvgIpc) is 2.38. The minimum atomic E-state index is -0.134. The highest BCUT2D eigenvalue weighted by Gasteiger charge is 2.26. The molecule has 3 heteroatoms. The number of hydrogen-bond acceptors (Lipinski definition) is 2. The first-order valence-electron chi connectivity index (χ1n) is 6.95. The summed E-state index contributed by atoms with van der Waals surface area (Å²) in [6.07, 6.45) is 4.61. The molecule has 1 unspecified atom stereocenters. The van der Waals surface area contributed by atoms with Gasteiger partial charge in [-0.05, 0) is 44.2 Å². The van der Waals surface area contributed by atoms with E-state index in [4.69, 9.17) is 5.73 Å². The average molecular weight is 250 g/mol. The molecule has 0 bridgehead atoms. The van der Waals surface area contributed by atoms with Gasteiger partial charge in [-0.3, -0.25) is 0 Å². The second kappa shape index (κ2) is 5.70. The van der Waals surface area contributed by atoms with Gasteiger partial charge in [0.25, 0.3) is 0 Å². The lowest BCUT2D eigenvalue weighted by molar-refractivity contribution is 0.441. The minimum absolute atomic E-state index is 0.130. The van der Waals surface area contributed by atoms with Crippen LogP contribution in [0.3, 0.4) is 0 Å². The molecule has 1 fully saturated rings. The number of para-hydroxylation sites is 1. The lowest BCUT2D eigenvalue weighted by Crippen LogP contribution is -2.40. The molecule has 1 aromatic rings. The molecule has 100 valence electrons. The minimum Gasteiger partial charge on any atom is -0.366 e. The second-order valence-corrected chi connectivity index (χ2v) is 5.22. The zero-order valence-corrected chi connectivity index (χ0v) is 11.3. The van der Waals surface area contributed by atoms with Crippen LogP contribution in [0.25, 0.3) is 0 Å². The summed E-state index contributed by atoms with van der Waals surface area (Å²) in [7, 11) is 0. The summed E-state index contributed by atoms with van der Waals surface area (Å²) in [6, 6.07) is 5.57. The second-order valence-electron chi connectivity index (χ2n) is 5.22. The van der Waals surface area contributed by atoms with Gasteiger partial charge in [0, 0.05) is 18.6 Å². The first-order chi connectivity index (χ1) is 8.65. The van der Waals surface area contributed by atoms with Crippen molar-refractivity contribution in [2.24, 2.45) is 5.73 Å². The molecule has 1 aliphatic rings. The molecular formula is C15H23FN2. The molecule has 0 saturated carbocycles. The van der Waals surface area contributed by atoms with E-state index in [1.165, 1.54) is 6.42 Å². The fourth-order valence-electron chi connectivity index (χ4n) is 2.92. The third kappa shape index (κ3) is 2.51. The molecule has 2 rings (SSSR count). The van der Waals surface area contributed by atoms with Gasteiger partial charge in [-0.15, -0.1) is 0 Å². The van der Waals surface area contributed by atoms with Crippen LogP contribution >= 0.6 is 0 Å². The molecule has 1 aromatic carbocycles. The zero-order chi connectivity index (χ0) is 13.1. The van der Waals surface area contributed by atoms with E-state index in [1.54, 1.807) is 12.1 Å². The fraction of sp³-hybridized carbons (Fsp3) is 0.600. The Balaban J connectivity index is 2.41. The number of nitrogens with two attached hydrogens (primary N) is 1. The molecule has 18 heavy (non-hydrogen) atoms. The molecule has 1 saturated heterocycles. The maximum atomic E-state index is 14.2. The third-order valence-electron chi connectivity index (χ3n) is 3.89. The molecule has 2 nitrogen and oxygen atoms in total. The topological polar surface area (TPSA) is 29.3 Å². The number of anilines is 1. The van der Waals surface area contributed by atoms with E-state index in [-0.39, 0.29) is 11.9 Å². The van der Waals surface area contributed by atoms with E-state index in [0.29, 0.717) is 6.04 Å². The number of hydrogen-bond donors (Lipinski definition) is 1. The van der Waals surface area contributed by atoms with Gasteiger partial charge in [0.2, 0.25) is 0 Å². The maximum absolute atomic E-state index is 14.2. The van der Waals surface area contributed by atoms with Gasteiger partial charge in [0.1, 0.15) is 5.82 Å². The lowest BCUT2D eigenvalue weighted by Gasteiger charge is -2.39. The molecule has 0 spiro atoms. The number of halogens is 1. The zero-order valence-electron chi connectivity index (χ0n) is 11.3. The van der Waals surface area contributed by atoms with Crippen molar-refractivity contribution in [2.45, 2.75) is 51.6 Å². The Morgan fingerprint density at radius 1 is 1.44 bits per heavy atom. The van der Waals surface area contributed by atoms with Crippen LogP contribution in [0.1, 0.15) is 51.1 Å². The fourth-order valence-corrected chi connectivity index (χ4v) is 2.92. The Kier molecular flexibility index (Phi) is 4.23. The molecule has 0 aromatic heterocycles. The molecule has 0 amide bonds. The van der Waals surface area contributed by atoms with Crippen LogP contribution < -0.4 is 10.6 Å². The van der Waals surface area contributed by atoms with E-state index in [2.05, 4.69) is 11.8 Å². The molecule has 1 heterocycles. The Hall–Kier alpha value is -1.09. The van der Waals surface area contributed by atoms with Crippen LogP contribution in [0.4, 0.5) is 10.1 Å². The number of rotatable bonds is 3. The van der Waals surface area contributed by atoms with Gasteiger partial charge in [-0.25, -0.2) is 4.39 Å². The summed E-state index contributed by atoms with van der Waals surface area (Å²) in [5.74, 6) is -0.134. The molecule has 1 aliphatic heterocycles. The van der Waals surface area contributed by atoms with Crippen molar-refractivity contribution < 1.29 is 4.39 Å². The summed E-state index contributed by atoms with van der Waals surface area (Å²) in [4.78, 5) is 2.23. The quantitative estimate of drug-likeness (QED) is 0.888. The largest absolute Gasteiger partial charge is 0.366 e. The highest BCUT2D eigenvalue weighted by molar-refractivity contribution is 5.57. The van der Waals surface area contributed by atoms with Crippen molar-refractivity contribution >= 4 is 5.69 Å². The Labute approximate surface area is 109 Å². The maximum Gasteiger partial charge on any atom is 0.146 e. The first-order valence-corrected chi connectivity index (χ1v) is 6.95. The van der Waals surface area contributed by atoms with Crippen LogP contribution in [0.15, 0.2) is 18.2 Å². The number of benzene rings is 1. The van der Waals surface area contributed by atoms with Gasteiger partial charge in [0.05, 0.1) is 5.69 Å². The van der Waals surface area contributed by atoms with Crippen molar-refractivity contribution in [1.29, 1.82) is 0 Å². The summed E-state index contributed by atoms with van der Waals surface area (Å²) < 4.78 is 14.2. The van der Waals surface area contributed by atoms with Crippen LogP contribution in [0.2, 0.25) is 0 Å².